The molecular weight excluding hydrogens is 306 g/mol. The lowest BCUT2D eigenvalue weighted by atomic mass is 10.2. The van der Waals surface area contributed by atoms with Crippen LogP contribution in [0.2, 0.25) is 0 Å². The molecule has 0 radical (unpaired) electrons. The Bertz CT molecular complexity index is 664. The molecule has 0 aromatic heterocycles. The van der Waals surface area contributed by atoms with Crippen LogP contribution >= 0.6 is 0 Å². The van der Waals surface area contributed by atoms with Crippen LogP contribution < -0.4 is 4.74 Å². The number of benzene rings is 1. The first-order chi connectivity index (χ1) is 11.6. The van der Waals surface area contributed by atoms with E-state index in [2.05, 4.69) is 0 Å². The number of methoxy groups -OCH3 is 1. The van der Waals surface area contributed by atoms with Gasteiger partial charge >= 0.3 is 0 Å². The molecule has 6 heteroatoms. The average Bonchev–Trinajstić information content (AvgIpc) is 2.86. The average molecular weight is 327 g/mol. The predicted molar refractivity (Wildman–Crippen MR) is 90.0 cm³/mol. The maximum absolute atomic E-state index is 12.3. The SMILES string of the molecule is COc1cccc(/C=C/C(=O)N2CCCN(C(=O)CC#N)CC2)c1. The zero-order valence-corrected chi connectivity index (χ0v) is 13.8. The van der Waals surface area contributed by atoms with Crippen molar-refractivity contribution in [3.05, 3.63) is 35.9 Å². The third-order valence-electron chi connectivity index (χ3n) is 3.90. The summed E-state index contributed by atoms with van der Waals surface area (Å²) in [6.07, 6.45) is 3.91. The summed E-state index contributed by atoms with van der Waals surface area (Å²) >= 11 is 0. The molecule has 2 amide bonds. The van der Waals surface area contributed by atoms with E-state index in [4.69, 9.17) is 10.00 Å². The van der Waals surface area contributed by atoms with Gasteiger partial charge in [0.1, 0.15) is 12.2 Å². The van der Waals surface area contributed by atoms with Crippen molar-refractivity contribution in [2.75, 3.05) is 33.3 Å². The van der Waals surface area contributed by atoms with Crippen LogP contribution in [0.1, 0.15) is 18.4 Å². The number of carbonyl (C=O) groups excluding carboxylic acids is 2. The molecule has 0 saturated carbocycles. The molecule has 0 atom stereocenters. The minimum Gasteiger partial charge on any atom is -0.497 e. The van der Waals surface area contributed by atoms with Crippen LogP contribution in [0.25, 0.3) is 6.08 Å². The minimum absolute atomic E-state index is 0.0765. The van der Waals surface area contributed by atoms with Crippen LogP contribution in [0, 0.1) is 11.3 Å². The molecule has 1 fully saturated rings. The van der Waals surface area contributed by atoms with Crippen LogP contribution in [0.4, 0.5) is 0 Å². The number of hydrogen-bond acceptors (Lipinski definition) is 4. The summed E-state index contributed by atoms with van der Waals surface area (Å²) < 4.78 is 5.16. The van der Waals surface area contributed by atoms with Gasteiger partial charge in [-0.1, -0.05) is 12.1 Å². The molecule has 126 valence electrons. The largest absolute Gasteiger partial charge is 0.497 e. The lowest BCUT2D eigenvalue weighted by molar-refractivity contribution is -0.131. The molecule has 0 unspecified atom stereocenters. The summed E-state index contributed by atoms with van der Waals surface area (Å²) in [5, 5.41) is 8.61. The van der Waals surface area contributed by atoms with Crippen LogP contribution in [-0.4, -0.2) is 54.9 Å². The highest BCUT2D eigenvalue weighted by atomic mass is 16.5. The molecule has 1 saturated heterocycles. The second-order valence-corrected chi connectivity index (χ2v) is 5.50. The highest BCUT2D eigenvalue weighted by Gasteiger charge is 2.20. The molecule has 1 heterocycles. The number of carbonyl (C=O) groups is 2. The van der Waals surface area contributed by atoms with E-state index in [9.17, 15) is 9.59 Å². The number of nitriles is 1. The van der Waals surface area contributed by atoms with Crippen molar-refractivity contribution in [3.63, 3.8) is 0 Å². The third-order valence-corrected chi connectivity index (χ3v) is 3.90. The Morgan fingerprint density at radius 3 is 2.75 bits per heavy atom. The fraction of sp³-hybridized carbons (Fsp3) is 0.389. The summed E-state index contributed by atoms with van der Waals surface area (Å²) in [6, 6.07) is 9.35. The highest BCUT2D eigenvalue weighted by Crippen LogP contribution is 2.14. The summed E-state index contributed by atoms with van der Waals surface area (Å²) in [5.41, 5.74) is 0.892. The Labute approximate surface area is 141 Å². The summed E-state index contributed by atoms with van der Waals surface area (Å²) in [7, 11) is 1.60. The Hall–Kier alpha value is -2.81. The van der Waals surface area contributed by atoms with Crippen molar-refractivity contribution in [1.82, 2.24) is 9.80 Å². The normalized spacial score (nSPS) is 15.0. The van der Waals surface area contributed by atoms with Gasteiger partial charge in [0.25, 0.3) is 0 Å². The van der Waals surface area contributed by atoms with E-state index in [0.29, 0.717) is 26.2 Å². The van der Waals surface area contributed by atoms with Crippen molar-refractivity contribution in [2.24, 2.45) is 0 Å². The topological polar surface area (TPSA) is 73.6 Å². The van der Waals surface area contributed by atoms with Gasteiger partial charge < -0.3 is 14.5 Å². The van der Waals surface area contributed by atoms with Gasteiger partial charge in [0, 0.05) is 32.3 Å². The molecule has 2 rings (SSSR count). The van der Waals surface area contributed by atoms with E-state index < -0.39 is 0 Å². The highest BCUT2D eigenvalue weighted by molar-refractivity contribution is 5.92. The fourth-order valence-electron chi connectivity index (χ4n) is 2.58. The quantitative estimate of drug-likeness (QED) is 0.789. The van der Waals surface area contributed by atoms with Crippen LogP contribution in [-0.2, 0) is 9.59 Å². The van der Waals surface area contributed by atoms with Crippen LogP contribution in [0.3, 0.4) is 0 Å². The van der Waals surface area contributed by atoms with E-state index in [-0.39, 0.29) is 18.2 Å². The minimum atomic E-state index is -0.168. The van der Waals surface area contributed by atoms with Gasteiger partial charge in [-0.25, -0.2) is 0 Å². The van der Waals surface area contributed by atoms with Gasteiger partial charge in [0.15, 0.2) is 0 Å². The molecule has 0 bridgehead atoms. The van der Waals surface area contributed by atoms with Crippen LogP contribution in [0.15, 0.2) is 30.3 Å². The molecule has 0 N–H and O–H groups in total. The second-order valence-electron chi connectivity index (χ2n) is 5.50. The maximum atomic E-state index is 12.3. The van der Waals surface area contributed by atoms with Crippen molar-refractivity contribution >= 4 is 17.9 Å². The number of nitrogens with zero attached hydrogens (tertiary/aromatic N) is 3. The molecule has 0 spiro atoms. The van der Waals surface area contributed by atoms with Crippen molar-refractivity contribution in [3.8, 4) is 11.8 Å². The van der Waals surface area contributed by atoms with E-state index in [1.54, 1.807) is 29.1 Å². The molecular formula is C18H21N3O3. The predicted octanol–water partition coefficient (Wildman–Crippen LogP) is 1.68. The van der Waals surface area contributed by atoms with Gasteiger partial charge in [0.05, 0.1) is 13.2 Å². The zero-order valence-electron chi connectivity index (χ0n) is 13.8. The molecule has 24 heavy (non-hydrogen) atoms. The van der Waals surface area contributed by atoms with E-state index in [0.717, 1.165) is 17.7 Å². The van der Waals surface area contributed by atoms with Crippen molar-refractivity contribution in [1.29, 1.82) is 5.26 Å². The van der Waals surface area contributed by atoms with E-state index in [1.807, 2.05) is 30.3 Å². The summed E-state index contributed by atoms with van der Waals surface area (Å²) in [5.74, 6) is 0.497. The van der Waals surface area contributed by atoms with Crippen LogP contribution in [0.5, 0.6) is 5.75 Å². The van der Waals surface area contributed by atoms with Gasteiger partial charge in [-0.2, -0.15) is 5.26 Å². The van der Waals surface area contributed by atoms with Gasteiger partial charge in [0.2, 0.25) is 11.8 Å². The Balaban J connectivity index is 1.94. The Morgan fingerprint density at radius 1 is 1.25 bits per heavy atom. The fourth-order valence-corrected chi connectivity index (χ4v) is 2.58. The van der Waals surface area contributed by atoms with Crippen molar-refractivity contribution in [2.45, 2.75) is 12.8 Å². The van der Waals surface area contributed by atoms with Gasteiger partial charge in [-0.15, -0.1) is 0 Å². The first-order valence-electron chi connectivity index (χ1n) is 7.90. The number of hydrogen-bond donors (Lipinski definition) is 0. The lowest BCUT2D eigenvalue weighted by Gasteiger charge is -2.20. The Morgan fingerprint density at radius 2 is 2.00 bits per heavy atom. The third kappa shape index (κ3) is 4.85. The van der Waals surface area contributed by atoms with Gasteiger partial charge in [-0.3, -0.25) is 9.59 Å². The molecule has 6 nitrogen and oxygen atoms in total. The standard InChI is InChI=1S/C18H21N3O3/c1-24-16-5-2-4-15(14-16)6-7-17(22)20-10-3-11-21(13-12-20)18(23)8-9-19/h2,4-7,14H,3,8,10-13H2,1H3/b7-6+. The van der Waals surface area contributed by atoms with Crippen molar-refractivity contribution < 1.29 is 14.3 Å². The lowest BCUT2D eigenvalue weighted by Crippen LogP contribution is -2.36. The maximum Gasteiger partial charge on any atom is 0.246 e. The first kappa shape index (κ1) is 17.5. The first-order valence-corrected chi connectivity index (χ1v) is 7.90. The molecule has 1 aromatic rings. The van der Waals surface area contributed by atoms with E-state index in [1.165, 1.54) is 0 Å². The second kappa shape index (κ2) is 8.73. The number of amides is 2. The molecule has 0 aliphatic carbocycles. The monoisotopic (exact) mass is 327 g/mol. The zero-order chi connectivity index (χ0) is 17.4. The van der Waals surface area contributed by atoms with E-state index >= 15 is 0 Å². The number of ether oxygens (including phenoxy) is 1. The Kier molecular flexibility index (Phi) is 6.38. The smallest absolute Gasteiger partial charge is 0.246 e. The number of rotatable bonds is 4. The molecule has 1 aromatic carbocycles. The van der Waals surface area contributed by atoms with Gasteiger partial charge in [-0.05, 0) is 30.2 Å². The summed E-state index contributed by atoms with van der Waals surface area (Å²) in [4.78, 5) is 27.5. The molecule has 1 aliphatic rings. The molecule has 1 aliphatic heterocycles. The summed E-state index contributed by atoms with van der Waals surface area (Å²) in [6.45, 7) is 2.15.